The van der Waals surface area contributed by atoms with Crippen LogP contribution in [0.2, 0.25) is 0 Å². The number of halogens is 4. The second-order valence-corrected chi connectivity index (χ2v) is 17.3. The molecule has 0 aliphatic heterocycles. The van der Waals surface area contributed by atoms with Crippen LogP contribution in [0.25, 0.3) is 67.1 Å². The molecule has 2 heterocycles. The van der Waals surface area contributed by atoms with E-state index in [2.05, 4.69) is 63.7 Å². The van der Waals surface area contributed by atoms with Crippen molar-refractivity contribution in [3.05, 3.63) is 151 Å². The number of hydrogen-bond acceptors (Lipinski definition) is 6. The first-order chi connectivity index (χ1) is 24.6. The van der Waals surface area contributed by atoms with E-state index in [1.54, 1.807) is 36.4 Å². The first-order valence-corrected chi connectivity index (χ1v) is 20.2. The molecule has 0 aliphatic rings. The van der Waals surface area contributed by atoms with Gasteiger partial charge in [-0.3, -0.25) is 0 Å². The van der Waals surface area contributed by atoms with Crippen molar-refractivity contribution in [2.45, 2.75) is 9.79 Å². The molecule has 0 spiro atoms. The Bertz CT molecular complexity index is 2540. The molecule has 0 radical (unpaired) electrons. The average molecular weight is 942 g/mol. The zero-order valence-electron chi connectivity index (χ0n) is 26.2. The van der Waals surface area contributed by atoms with E-state index in [-0.39, 0.29) is 9.79 Å². The van der Waals surface area contributed by atoms with Gasteiger partial charge in [-0.25, -0.2) is 28.4 Å². The maximum absolute atomic E-state index is 14.2. The lowest BCUT2D eigenvalue weighted by molar-refractivity contribution is 0.596. The van der Waals surface area contributed by atoms with E-state index in [1.165, 1.54) is 0 Å². The molecule has 0 saturated carbocycles. The van der Waals surface area contributed by atoms with Gasteiger partial charge < -0.3 is 0 Å². The Hall–Kier alpha value is -4.13. The quantitative estimate of drug-likeness (QED) is 0.165. The van der Waals surface area contributed by atoms with Crippen molar-refractivity contribution in [1.29, 1.82) is 0 Å². The van der Waals surface area contributed by atoms with Gasteiger partial charge in [-0.1, -0.05) is 112 Å². The molecule has 6 nitrogen and oxygen atoms in total. The maximum atomic E-state index is 14.2. The lowest BCUT2D eigenvalue weighted by Crippen LogP contribution is -2.04. The van der Waals surface area contributed by atoms with Crippen molar-refractivity contribution in [3.8, 4) is 45.0 Å². The molecule has 0 atom stereocenters. The summed E-state index contributed by atoms with van der Waals surface area (Å²) < 4.78 is 32.2. The number of fused-ring (bicyclic) bond motifs is 2. The summed E-state index contributed by atoms with van der Waals surface area (Å²) in [7, 11) is -3.98. The van der Waals surface area contributed by atoms with E-state index in [0.29, 0.717) is 44.8 Å². The Labute approximate surface area is 327 Å². The van der Waals surface area contributed by atoms with E-state index in [0.717, 1.165) is 40.1 Å². The van der Waals surface area contributed by atoms with Crippen LogP contribution in [0.1, 0.15) is 0 Å². The van der Waals surface area contributed by atoms with Crippen LogP contribution in [-0.4, -0.2) is 28.4 Å². The lowest BCUT2D eigenvalue weighted by atomic mass is 10.0. The van der Waals surface area contributed by atoms with Crippen LogP contribution in [0.5, 0.6) is 0 Å². The minimum absolute atomic E-state index is 0.106. The lowest BCUT2D eigenvalue weighted by Gasteiger charge is -2.13. The molecule has 8 aromatic rings. The molecular weight excluding hydrogens is 920 g/mol. The van der Waals surface area contributed by atoms with Gasteiger partial charge in [0.25, 0.3) is 0 Å². The normalized spacial score (nSPS) is 11.7. The van der Waals surface area contributed by atoms with E-state index in [4.69, 9.17) is 19.9 Å². The summed E-state index contributed by atoms with van der Waals surface area (Å²) in [6.45, 7) is 0. The molecule has 0 fully saturated rings. The third-order valence-electron chi connectivity index (χ3n) is 8.36. The van der Waals surface area contributed by atoms with Gasteiger partial charge in [0.15, 0.2) is 0 Å². The first-order valence-electron chi connectivity index (χ1n) is 15.5. The summed E-state index contributed by atoms with van der Waals surface area (Å²) in [5.74, 6) is 0. The van der Waals surface area contributed by atoms with Gasteiger partial charge in [0.05, 0.1) is 54.6 Å². The smallest absolute Gasteiger partial charge is 0.206 e. The second-order valence-electron chi connectivity index (χ2n) is 11.7. The van der Waals surface area contributed by atoms with Crippen LogP contribution in [-0.2, 0) is 9.84 Å². The Balaban J connectivity index is 1.25. The molecule has 0 saturated heterocycles. The fourth-order valence-corrected chi connectivity index (χ4v) is 8.13. The number of benzene rings is 6. The summed E-state index contributed by atoms with van der Waals surface area (Å²) in [6.07, 6.45) is 0. The van der Waals surface area contributed by atoms with E-state index in [9.17, 15) is 8.42 Å². The van der Waals surface area contributed by atoms with Crippen molar-refractivity contribution in [2.24, 2.45) is 0 Å². The molecule has 6 aromatic carbocycles. The molecule has 0 bridgehead atoms. The zero-order chi connectivity index (χ0) is 35.3. The minimum atomic E-state index is -3.98. The fourth-order valence-electron chi connectivity index (χ4n) is 5.77. The van der Waals surface area contributed by atoms with Crippen LogP contribution in [0.4, 0.5) is 0 Å². The van der Waals surface area contributed by atoms with Gasteiger partial charge in [-0.2, -0.15) is 0 Å². The summed E-state index contributed by atoms with van der Waals surface area (Å²) >= 11 is 14.0. The van der Waals surface area contributed by atoms with Crippen molar-refractivity contribution < 1.29 is 8.42 Å². The molecule has 0 N–H and O–H groups in total. The van der Waals surface area contributed by atoms with Crippen LogP contribution in [0.15, 0.2) is 161 Å². The zero-order valence-corrected chi connectivity index (χ0v) is 33.4. The molecule has 0 aliphatic carbocycles. The third kappa shape index (κ3) is 6.81. The monoisotopic (exact) mass is 938 g/mol. The molecule has 11 heteroatoms. The standard InChI is InChI=1S/C40H22Br4N4O2S/c41-27-9-1-23(2-10-27)37-39(25-5-13-29(43)14-6-25)47-35-21-31(17-19-33(35)45-37)51(49,50)32-18-20-34-36(22-32)48-40(26-7-15-30(44)16-8-26)38(46-34)24-3-11-28(42)12-4-24/h1-22H. The number of rotatable bonds is 6. The molecule has 248 valence electrons. The van der Waals surface area contributed by atoms with Crippen LogP contribution in [0.3, 0.4) is 0 Å². The average Bonchev–Trinajstić information content (AvgIpc) is 3.14. The fraction of sp³-hybridized carbons (Fsp3) is 0. The number of sulfone groups is 1. The number of aromatic nitrogens is 4. The predicted molar refractivity (Wildman–Crippen MR) is 217 cm³/mol. The highest BCUT2D eigenvalue weighted by Crippen LogP contribution is 2.36. The molecule has 0 amide bonds. The SMILES string of the molecule is O=S(=O)(c1ccc2nc(-c3ccc(Br)cc3)c(-c3ccc(Br)cc3)nc2c1)c1ccc2nc(-c3ccc(Br)cc3)c(-c3ccc(Br)cc3)nc2c1. The van der Waals surface area contributed by atoms with Gasteiger partial charge in [-0.05, 0) is 84.9 Å². The summed E-state index contributed by atoms with van der Waals surface area (Å²) in [6, 6.07) is 41.1. The minimum Gasteiger partial charge on any atom is -0.244 e. The highest BCUT2D eigenvalue weighted by Gasteiger charge is 2.22. The second kappa shape index (κ2) is 13.8. The van der Waals surface area contributed by atoms with E-state index >= 15 is 0 Å². The van der Waals surface area contributed by atoms with Gasteiger partial charge in [0.2, 0.25) is 9.84 Å². The third-order valence-corrected chi connectivity index (χ3v) is 12.2. The van der Waals surface area contributed by atoms with Crippen LogP contribution in [0, 0.1) is 0 Å². The Morgan fingerprint density at radius 3 is 0.863 bits per heavy atom. The van der Waals surface area contributed by atoms with Crippen LogP contribution < -0.4 is 0 Å². The van der Waals surface area contributed by atoms with Gasteiger partial charge in [-0.15, -0.1) is 0 Å². The Morgan fingerprint density at radius 2 is 0.588 bits per heavy atom. The largest absolute Gasteiger partial charge is 0.244 e. The van der Waals surface area contributed by atoms with Crippen molar-refractivity contribution in [3.63, 3.8) is 0 Å². The Morgan fingerprint density at radius 1 is 0.333 bits per heavy atom. The van der Waals surface area contributed by atoms with Gasteiger partial charge in [0.1, 0.15) is 0 Å². The summed E-state index contributed by atoms with van der Waals surface area (Å²) in [4.78, 5) is 20.2. The molecular formula is C40H22Br4N4O2S. The molecule has 2 aromatic heterocycles. The maximum Gasteiger partial charge on any atom is 0.206 e. The van der Waals surface area contributed by atoms with Gasteiger partial charge in [0, 0.05) is 40.1 Å². The first kappa shape index (κ1) is 34.0. The Kier molecular flexibility index (Phi) is 9.18. The number of nitrogens with zero attached hydrogens (tertiary/aromatic N) is 4. The van der Waals surface area contributed by atoms with Crippen molar-refractivity contribution >= 4 is 95.6 Å². The summed E-state index contributed by atoms with van der Waals surface area (Å²) in [5, 5.41) is 0. The highest BCUT2D eigenvalue weighted by molar-refractivity contribution is 9.11. The summed E-state index contributed by atoms with van der Waals surface area (Å²) in [5.41, 5.74) is 8.29. The van der Waals surface area contributed by atoms with Crippen LogP contribution >= 0.6 is 63.7 Å². The molecule has 0 unspecified atom stereocenters. The predicted octanol–water partition coefficient (Wildman–Crippen LogP) is 12.1. The van der Waals surface area contributed by atoms with Crippen molar-refractivity contribution in [1.82, 2.24) is 19.9 Å². The van der Waals surface area contributed by atoms with Gasteiger partial charge >= 0.3 is 0 Å². The molecule has 8 rings (SSSR count). The highest BCUT2D eigenvalue weighted by atomic mass is 79.9. The molecule has 51 heavy (non-hydrogen) atoms. The van der Waals surface area contributed by atoms with E-state index < -0.39 is 9.84 Å². The van der Waals surface area contributed by atoms with E-state index in [1.807, 2.05) is 97.1 Å². The topological polar surface area (TPSA) is 85.7 Å². The van der Waals surface area contributed by atoms with Crippen molar-refractivity contribution in [2.75, 3.05) is 0 Å². The number of hydrogen-bond donors (Lipinski definition) is 0.